The molecule has 2 rings (SSSR count). The molecule has 2 aromatic rings. The molecule has 0 spiro atoms. The van der Waals surface area contributed by atoms with Crippen molar-refractivity contribution >= 4 is 16.9 Å². The molecule has 0 fully saturated rings. The normalized spacial score (nSPS) is 10.9. The molecule has 0 atom stereocenters. The number of aryl methyl sites for hydroxylation is 2. The van der Waals surface area contributed by atoms with Gasteiger partial charge in [0.25, 0.3) is 0 Å². The monoisotopic (exact) mass is 260 g/mol. The molecular weight excluding hydrogens is 240 g/mol. The third-order valence-corrected chi connectivity index (χ3v) is 3.17. The van der Waals surface area contributed by atoms with Crippen LogP contribution in [0.4, 0.5) is 0 Å². The van der Waals surface area contributed by atoms with Crippen molar-refractivity contribution < 1.29 is 9.32 Å². The number of nitrogens with one attached hydrogen (secondary N) is 1. The van der Waals surface area contributed by atoms with E-state index in [4.69, 9.17) is 4.52 Å². The molecule has 4 nitrogen and oxygen atoms in total. The molecule has 0 saturated heterocycles. The summed E-state index contributed by atoms with van der Waals surface area (Å²) in [5, 5.41) is 7.90. The first-order valence-electron chi connectivity index (χ1n) is 6.74. The van der Waals surface area contributed by atoms with Gasteiger partial charge in [-0.1, -0.05) is 24.6 Å². The number of carbonyl (C=O) groups is 1. The second-order valence-electron chi connectivity index (χ2n) is 4.96. The van der Waals surface area contributed by atoms with Crippen molar-refractivity contribution in [1.82, 2.24) is 10.5 Å². The molecule has 1 heterocycles. The molecule has 1 aromatic heterocycles. The fourth-order valence-electron chi connectivity index (χ4n) is 2.26. The fraction of sp³-hybridized carbons (Fsp3) is 0.467. The topological polar surface area (TPSA) is 55.1 Å². The summed E-state index contributed by atoms with van der Waals surface area (Å²) < 4.78 is 5.31. The quantitative estimate of drug-likeness (QED) is 0.841. The zero-order valence-corrected chi connectivity index (χ0v) is 11.7. The third kappa shape index (κ3) is 3.13. The number of carbonyl (C=O) groups excluding carboxylic acids is 1. The lowest BCUT2D eigenvalue weighted by Crippen LogP contribution is -2.26. The van der Waals surface area contributed by atoms with E-state index in [9.17, 15) is 4.79 Å². The summed E-state index contributed by atoms with van der Waals surface area (Å²) in [7, 11) is 0. The number of amides is 1. The smallest absolute Gasteiger partial charge is 0.226 e. The summed E-state index contributed by atoms with van der Waals surface area (Å²) in [6.07, 6.45) is 2.36. The molecular formula is C15H20N2O2. The zero-order valence-electron chi connectivity index (χ0n) is 11.7. The lowest BCUT2D eigenvalue weighted by Gasteiger charge is -2.03. The Morgan fingerprint density at radius 3 is 2.89 bits per heavy atom. The number of benzene rings is 1. The van der Waals surface area contributed by atoms with Crippen LogP contribution in [0.25, 0.3) is 11.0 Å². The van der Waals surface area contributed by atoms with Gasteiger partial charge in [0.1, 0.15) is 5.69 Å². The van der Waals surface area contributed by atoms with E-state index in [1.807, 2.05) is 19.9 Å². The maximum Gasteiger partial charge on any atom is 0.226 e. The molecule has 0 aliphatic carbocycles. The molecule has 0 aliphatic heterocycles. The molecule has 102 valence electrons. The van der Waals surface area contributed by atoms with Crippen LogP contribution < -0.4 is 5.32 Å². The first-order valence-corrected chi connectivity index (χ1v) is 6.74. The number of fused-ring (bicyclic) bond motifs is 1. The molecule has 19 heavy (non-hydrogen) atoms. The number of hydrogen-bond donors (Lipinski definition) is 1. The Hall–Kier alpha value is -1.84. The molecule has 1 aromatic carbocycles. The van der Waals surface area contributed by atoms with Gasteiger partial charge in [-0.15, -0.1) is 0 Å². The lowest BCUT2D eigenvalue weighted by atomic mass is 10.0. The average Bonchev–Trinajstić information content (AvgIpc) is 2.72. The minimum absolute atomic E-state index is 0.00336. The van der Waals surface area contributed by atoms with Crippen LogP contribution in [-0.4, -0.2) is 17.6 Å². The van der Waals surface area contributed by atoms with E-state index in [-0.39, 0.29) is 12.3 Å². The van der Waals surface area contributed by atoms with Gasteiger partial charge in [0.2, 0.25) is 5.91 Å². The van der Waals surface area contributed by atoms with Crippen molar-refractivity contribution in [3.8, 4) is 0 Å². The zero-order chi connectivity index (χ0) is 13.8. The van der Waals surface area contributed by atoms with Gasteiger partial charge < -0.3 is 9.84 Å². The predicted molar refractivity (Wildman–Crippen MR) is 75.1 cm³/mol. The van der Waals surface area contributed by atoms with Crippen LogP contribution in [0.2, 0.25) is 0 Å². The summed E-state index contributed by atoms with van der Waals surface area (Å²) in [6.45, 7) is 6.86. The highest BCUT2D eigenvalue weighted by Crippen LogP contribution is 2.24. The summed E-state index contributed by atoms with van der Waals surface area (Å²) >= 11 is 0. The standard InChI is InChI=1S/C15H20N2O2/c1-4-5-6-16-14(18)9-12-15-11(3)7-10(2)8-13(15)19-17-12/h7-8H,4-6,9H2,1-3H3,(H,16,18). The molecule has 0 bridgehead atoms. The van der Waals surface area contributed by atoms with Gasteiger partial charge in [0.05, 0.1) is 6.42 Å². The molecule has 1 amide bonds. The van der Waals surface area contributed by atoms with E-state index in [2.05, 4.69) is 23.5 Å². The second-order valence-corrected chi connectivity index (χ2v) is 4.96. The number of hydrogen-bond acceptors (Lipinski definition) is 3. The number of rotatable bonds is 5. The van der Waals surface area contributed by atoms with Gasteiger partial charge in [0.15, 0.2) is 5.58 Å². The Labute approximate surface area is 113 Å². The Morgan fingerprint density at radius 2 is 2.16 bits per heavy atom. The van der Waals surface area contributed by atoms with E-state index in [0.717, 1.165) is 47.2 Å². The van der Waals surface area contributed by atoms with Crippen molar-refractivity contribution in [3.63, 3.8) is 0 Å². The largest absolute Gasteiger partial charge is 0.356 e. The van der Waals surface area contributed by atoms with Crippen LogP contribution >= 0.6 is 0 Å². The van der Waals surface area contributed by atoms with Crippen molar-refractivity contribution in [2.45, 2.75) is 40.0 Å². The summed E-state index contributed by atoms with van der Waals surface area (Å²) in [6, 6.07) is 4.03. The number of unbranched alkanes of at least 4 members (excludes halogenated alkanes) is 1. The van der Waals surface area contributed by atoms with Gasteiger partial charge in [-0.05, 0) is 37.5 Å². The van der Waals surface area contributed by atoms with Gasteiger partial charge in [-0.3, -0.25) is 4.79 Å². The van der Waals surface area contributed by atoms with Gasteiger partial charge >= 0.3 is 0 Å². The second kappa shape index (κ2) is 5.87. The molecule has 0 aliphatic rings. The lowest BCUT2D eigenvalue weighted by molar-refractivity contribution is -0.120. The Bertz CT molecular complexity index is 587. The first kappa shape index (κ1) is 13.6. The van der Waals surface area contributed by atoms with E-state index in [1.54, 1.807) is 0 Å². The highest BCUT2D eigenvalue weighted by atomic mass is 16.5. The van der Waals surface area contributed by atoms with Gasteiger partial charge in [-0.25, -0.2) is 0 Å². The summed E-state index contributed by atoms with van der Waals surface area (Å²) in [5.41, 5.74) is 3.73. The van der Waals surface area contributed by atoms with E-state index in [1.165, 1.54) is 0 Å². The van der Waals surface area contributed by atoms with Gasteiger partial charge in [-0.2, -0.15) is 0 Å². The Morgan fingerprint density at radius 1 is 1.37 bits per heavy atom. The molecule has 0 unspecified atom stereocenters. The number of aromatic nitrogens is 1. The van der Waals surface area contributed by atoms with Crippen LogP contribution in [0.3, 0.4) is 0 Å². The average molecular weight is 260 g/mol. The highest BCUT2D eigenvalue weighted by molar-refractivity contribution is 5.88. The van der Waals surface area contributed by atoms with E-state index in [0.29, 0.717) is 0 Å². The SMILES string of the molecule is CCCCNC(=O)Cc1noc2cc(C)cc(C)c12. The van der Waals surface area contributed by atoms with Crippen molar-refractivity contribution in [2.75, 3.05) is 6.54 Å². The van der Waals surface area contributed by atoms with Crippen molar-refractivity contribution in [2.24, 2.45) is 0 Å². The first-order chi connectivity index (χ1) is 9.11. The molecule has 4 heteroatoms. The van der Waals surface area contributed by atoms with Gasteiger partial charge in [0, 0.05) is 11.9 Å². The minimum Gasteiger partial charge on any atom is -0.356 e. The van der Waals surface area contributed by atoms with E-state index < -0.39 is 0 Å². The van der Waals surface area contributed by atoms with Crippen LogP contribution in [0.5, 0.6) is 0 Å². The third-order valence-electron chi connectivity index (χ3n) is 3.17. The van der Waals surface area contributed by atoms with Crippen LogP contribution in [0.1, 0.15) is 36.6 Å². The summed E-state index contributed by atoms with van der Waals surface area (Å²) in [5.74, 6) is 0.00336. The van der Waals surface area contributed by atoms with Crippen LogP contribution in [0, 0.1) is 13.8 Å². The van der Waals surface area contributed by atoms with Crippen molar-refractivity contribution in [1.29, 1.82) is 0 Å². The fourth-order valence-corrected chi connectivity index (χ4v) is 2.26. The molecule has 0 radical (unpaired) electrons. The Balaban J connectivity index is 2.15. The highest BCUT2D eigenvalue weighted by Gasteiger charge is 2.14. The maximum atomic E-state index is 11.8. The summed E-state index contributed by atoms with van der Waals surface area (Å²) in [4.78, 5) is 11.8. The predicted octanol–water partition coefficient (Wildman–Crippen LogP) is 2.90. The molecule has 0 saturated carbocycles. The minimum atomic E-state index is 0.00336. The number of nitrogens with zero attached hydrogens (tertiary/aromatic N) is 1. The molecule has 1 N–H and O–H groups in total. The van der Waals surface area contributed by atoms with Crippen LogP contribution in [0.15, 0.2) is 16.7 Å². The Kier molecular flexibility index (Phi) is 4.20. The maximum absolute atomic E-state index is 11.8. The van der Waals surface area contributed by atoms with E-state index >= 15 is 0 Å². The van der Waals surface area contributed by atoms with Crippen LogP contribution in [-0.2, 0) is 11.2 Å². The van der Waals surface area contributed by atoms with Crippen molar-refractivity contribution in [3.05, 3.63) is 29.0 Å².